The number of aliphatic hydroxyl groups is 1. The minimum absolute atomic E-state index is 0.0328. The third-order valence-corrected chi connectivity index (χ3v) is 8.27. The van der Waals surface area contributed by atoms with Gasteiger partial charge in [0, 0.05) is 83.0 Å². The molecule has 5 amide bonds. The number of fused-ring (bicyclic) bond motifs is 3. The van der Waals surface area contributed by atoms with Crippen molar-refractivity contribution in [3.63, 3.8) is 0 Å². The van der Waals surface area contributed by atoms with Gasteiger partial charge in [-0.1, -0.05) is 26.0 Å². The zero-order valence-corrected chi connectivity index (χ0v) is 32.1. The van der Waals surface area contributed by atoms with Crippen LogP contribution in [0.15, 0.2) is 36.4 Å². The molecule has 7 N–H and O–H groups in total. The van der Waals surface area contributed by atoms with Crippen LogP contribution in [-0.2, 0) is 38.1 Å². The number of aliphatic hydroxyl groups excluding tert-OH is 1. The normalized spacial score (nSPS) is 13.2. The van der Waals surface area contributed by atoms with Crippen LogP contribution in [-0.4, -0.2) is 101 Å². The SMILES string of the molecule is CCC(=O)NCCOCCCOC.[2H]NC(=O)OCC1c2cc(NC(=O)CCC)ccc2-c2ccc(NC(=O)CCCC(=O)NCCOC(C)CCO)cc21. The average molecular weight is 759 g/mol. The predicted molar refractivity (Wildman–Crippen MR) is 206 cm³/mol. The lowest BCUT2D eigenvalue weighted by atomic mass is 9.97. The summed E-state index contributed by atoms with van der Waals surface area (Å²) in [6.45, 7) is 8.93. The van der Waals surface area contributed by atoms with E-state index in [0.29, 0.717) is 70.0 Å². The number of ether oxygens (including phenoxy) is 4. The lowest BCUT2D eigenvalue weighted by Crippen LogP contribution is -2.28. The molecule has 0 heterocycles. The van der Waals surface area contributed by atoms with Gasteiger partial charge in [0.25, 0.3) is 0 Å². The maximum atomic E-state index is 12.6. The highest BCUT2D eigenvalue weighted by atomic mass is 16.5. The Labute approximate surface area is 319 Å². The summed E-state index contributed by atoms with van der Waals surface area (Å²) in [4.78, 5) is 59.3. The van der Waals surface area contributed by atoms with E-state index in [0.717, 1.165) is 41.7 Å². The number of amides is 5. The van der Waals surface area contributed by atoms with E-state index in [-0.39, 0.29) is 61.7 Å². The van der Waals surface area contributed by atoms with Crippen LogP contribution in [0.2, 0.25) is 1.41 Å². The average Bonchev–Trinajstić information content (AvgIpc) is 3.47. The number of carbonyl (C=O) groups is 5. The van der Waals surface area contributed by atoms with Crippen molar-refractivity contribution in [1.82, 2.24) is 10.6 Å². The Balaban J connectivity index is 0.000000685. The highest BCUT2D eigenvalue weighted by molar-refractivity contribution is 5.94. The molecule has 15 heteroatoms. The van der Waals surface area contributed by atoms with Gasteiger partial charge >= 0.3 is 6.09 Å². The first-order chi connectivity index (χ1) is 26.6. The van der Waals surface area contributed by atoms with Gasteiger partial charge in [-0.3, -0.25) is 19.2 Å². The monoisotopic (exact) mass is 758 g/mol. The van der Waals surface area contributed by atoms with Crippen molar-refractivity contribution in [2.45, 2.75) is 84.2 Å². The first kappa shape index (κ1) is 43.8. The number of rotatable bonds is 24. The fraction of sp³-hybridized carbons (Fsp3) is 0.564. The van der Waals surface area contributed by atoms with E-state index < -0.39 is 6.09 Å². The van der Waals surface area contributed by atoms with Crippen LogP contribution >= 0.6 is 0 Å². The molecule has 0 radical (unpaired) electrons. The lowest BCUT2D eigenvalue weighted by Gasteiger charge is -2.15. The van der Waals surface area contributed by atoms with Crippen molar-refractivity contribution >= 4 is 41.1 Å². The molecule has 0 saturated carbocycles. The first-order valence-electron chi connectivity index (χ1n) is 19.1. The van der Waals surface area contributed by atoms with Crippen LogP contribution in [0.3, 0.4) is 0 Å². The molecular weight excluding hydrogens is 698 g/mol. The van der Waals surface area contributed by atoms with E-state index in [1.807, 2.05) is 51.1 Å². The fourth-order valence-corrected chi connectivity index (χ4v) is 5.54. The van der Waals surface area contributed by atoms with Gasteiger partial charge in [-0.25, -0.2) is 4.79 Å². The Kier molecular flexibility index (Phi) is 21.3. The van der Waals surface area contributed by atoms with Gasteiger partial charge < -0.3 is 51.0 Å². The van der Waals surface area contributed by atoms with E-state index in [2.05, 4.69) is 21.3 Å². The maximum absolute atomic E-state index is 12.6. The molecule has 0 aliphatic heterocycles. The van der Waals surface area contributed by atoms with Crippen molar-refractivity contribution in [1.29, 1.82) is 0 Å². The molecule has 15 nitrogen and oxygen atoms in total. The number of carbonyl (C=O) groups excluding carboxylic acids is 5. The summed E-state index contributed by atoms with van der Waals surface area (Å²) < 4.78 is 27.8. The van der Waals surface area contributed by atoms with Crippen molar-refractivity contribution in [3.8, 4) is 11.1 Å². The van der Waals surface area contributed by atoms with E-state index in [9.17, 15) is 24.0 Å². The van der Waals surface area contributed by atoms with E-state index >= 15 is 0 Å². The van der Waals surface area contributed by atoms with Crippen LogP contribution in [0.5, 0.6) is 0 Å². The lowest BCUT2D eigenvalue weighted by molar-refractivity contribution is -0.122. The van der Waals surface area contributed by atoms with E-state index in [1.54, 1.807) is 18.9 Å². The molecule has 2 atom stereocenters. The predicted octanol–water partition coefficient (Wildman–Crippen LogP) is 4.21. The molecule has 54 heavy (non-hydrogen) atoms. The third kappa shape index (κ3) is 17.5. The third-order valence-electron chi connectivity index (χ3n) is 8.27. The van der Waals surface area contributed by atoms with Gasteiger partial charge in [0.2, 0.25) is 23.6 Å². The molecule has 1 aliphatic carbocycles. The molecule has 0 fully saturated rings. The number of nitrogens with two attached hydrogens (primary N) is 1. The standard InChI is InChI=1S/C30H40N4O7.C9H19NO3/c1-3-5-28(37)33-20-8-10-22-23-11-9-21(17-25(23)26(24(22)16-20)18-41-30(31)39)34-29(38)7-4-6-27(36)32-13-15-40-19(2)12-14-35;1-3-9(11)10-5-8-13-7-4-6-12-2/h8-11,16-17,19,26,35H,3-7,12-15,18H2,1-2H3,(H2,31,39)(H,32,36)(H,33,37)(H,34,38);3-8H2,1-2H3,(H,10,11)/i/hD. The zero-order valence-electron chi connectivity index (χ0n) is 33.1. The Morgan fingerprint density at radius 1 is 0.815 bits per heavy atom. The summed E-state index contributed by atoms with van der Waals surface area (Å²) in [6.07, 6.45) is 2.88. The van der Waals surface area contributed by atoms with Crippen LogP contribution < -0.4 is 27.0 Å². The van der Waals surface area contributed by atoms with Crippen LogP contribution in [0, 0.1) is 0 Å². The molecule has 0 saturated heterocycles. The highest BCUT2D eigenvalue weighted by Crippen LogP contribution is 2.46. The molecule has 1 aliphatic rings. The fourth-order valence-electron chi connectivity index (χ4n) is 5.54. The molecule has 2 aromatic rings. The molecule has 3 rings (SSSR count). The second-order valence-electron chi connectivity index (χ2n) is 12.7. The van der Waals surface area contributed by atoms with E-state index in [4.69, 9.17) is 25.5 Å². The van der Waals surface area contributed by atoms with Crippen molar-refractivity contribution < 1.29 is 49.4 Å². The van der Waals surface area contributed by atoms with Crippen LogP contribution in [0.4, 0.5) is 16.2 Å². The molecule has 2 aromatic carbocycles. The largest absolute Gasteiger partial charge is 0.449 e. The summed E-state index contributed by atoms with van der Waals surface area (Å²) in [5.41, 5.74) is 6.45. The second-order valence-corrected chi connectivity index (χ2v) is 12.7. The summed E-state index contributed by atoms with van der Waals surface area (Å²) in [7, 11) is 1.67. The number of primary amides is 1. The molecule has 0 spiro atoms. The summed E-state index contributed by atoms with van der Waals surface area (Å²) in [6, 6.07) is 11.1. The van der Waals surface area contributed by atoms with Crippen molar-refractivity contribution in [2.75, 3.05) is 70.5 Å². The first-order valence-corrected chi connectivity index (χ1v) is 18.6. The second kappa shape index (κ2) is 26.2. The van der Waals surface area contributed by atoms with Crippen LogP contribution in [0.25, 0.3) is 11.1 Å². The number of nitrogens with one attached hydrogen (secondary N) is 4. The molecule has 300 valence electrons. The highest BCUT2D eigenvalue weighted by Gasteiger charge is 2.30. The topological polar surface area (TPSA) is 217 Å². The number of hydrogen-bond acceptors (Lipinski definition) is 10. The van der Waals surface area contributed by atoms with Gasteiger partial charge in [-0.05, 0) is 79.1 Å². The summed E-state index contributed by atoms with van der Waals surface area (Å²) >= 11 is 0. The van der Waals surface area contributed by atoms with Gasteiger partial charge in [0.05, 0.1) is 19.3 Å². The van der Waals surface area contributed by atoms with Crippen LogP contribution in [0.1, 0.15) is 89.2 Å². The van der Waals surface area contributed by atoms with Gasteiger partial charge in [0.15, 0.2) is 1.41 Å². The zero-order chi connectivity index (χ0) is 40.4. The minimum Gasteiger partial charge on any atom is -0.449 e. The minimum atomic E-state index is -0.880. The number of hydrogen-bond donors (Lipinski definition) is 6. The number of anilines is 2. The Morgan fingerprint density at radius 3 is 2.02 bits per heavy atom. The number of methoxy groups -OCH3 is 1. The number of benzene rings is 2. The Bertz CT molecular complexity index is 1510. The molecule has 2 unspecified atom stereocenters. The summed E-state index contributed by atoms with van der Waals surface area (Å²) in [5, 5.41) is 20.1. The van der Waals surface area contributed by atoms with E-state index in [1.165, 1.54) is 0 Å². The van der Waals surface area contributed by atoms with Crippen molar-refractivity contribution in [2.24, 2.45) is 5.73 Å². The Morgan fingerprint density at radius 2 is 1.43 bits per heavy atom. The Hall–Kier alpha value is -4.57. The summed E-state index contributed by atoms with van der Waals surface area (Å²) in [5.74, 6) is -0.787. The molecule has 0 bridgehead atoms. The van der Waals surface area contributed by atoms with Gasteiger partial charge in [0.1, 0.15) is 6.61 Å². The van der Waals surface area contributed by atoms with Crippen molar-refractivity contribution in [3.05, 3.63) is 47.5 Å². The smallest absolute Gasteiger partial charge is 0.404 e. The molecular formula is C39H59N5O10. The van der Waals surface area contributed by atoms with Gasteiger partial charge in [-0.15, -0.1) is 0 Å². The maximum Gasteiger partial charge on any atom is 0.404 e. The quantitative estimate of drug-likeness (QED) is 0.0839. The van der Waals surface area contributed by atoms with Gasteiger partial charge in [-0.2, -0.15) is 0 Å². The molecule has 0 aromatic heterocycles.